The fourth-order valence-electron chi connectivity index (χ4n) is 2.29. The van der Waals surface area contributed by atoms with Crippen LogP contribution < -0.4 is 0 Å². The van der Waals surface area contributed by atoms with Crippen LogP contribution in [0.25, 0.3) is 0 Å². The molecule has 0 radical (unpaired) electrons. The Hall–Kier alpha value is -1.38. The van der Waals surface area contributed by atoms with E-state index >= 15 is 0 Å². The zero-order valence-corrected chi connectivity index (χ0v) is 10.8. The summed E-state index contributed by atoms with van der Waals surface area (Å²) in [6, 6.07) is 4.00. The van der Waals surface area contributed by atoms with Crippen molar-refractivity contribution >= 4 is 0 Å². The molecular formula is C13H19N3O2. The zero-order valence-electron chi connectivity index (χ0n) is 10.8. The molecule has 0 spiro atoms. The minimum absolute atomic E-state index is 0.494. The SMILES string of the molecule is COCCn1nc(C#N)cc1CC1CCOCC1. The Kier molecular flexibility index (Phi) is 4.73. The molecule has 1 aliphatic rings. The van der Waals surface area contributed by atoms with E-state index in [0.717, 1.165) is 38.2 Å². The van der Waals surface area contributed by atoms with E-state index < -0.39 is 0 Å². The van der Waals surface area contributed by atoms with Gasteiger partial charge in [-0.1, -0.05) is 0 Å². The molecule has 5 heteroatoms. The van der Waals surface area contributed by atoms with Crippen LogP contribution in [0, 0.1) is 17.2 Å². The summed E-state index contributed by atoms with van der Waals surface area (Å²) in [6.07, 6.45) is 3.16. The molecule has 1 fully saturated rings. The topological polar surface area (TPSA) is 60.1 Å². The number of aromatic nitrogens is 2. The van der Waals surface area contributed by atoms with Crippen molar-refractivity contribution in [2.24, 2.45) is 5.92 Å². The van der Waals surface area contributed by atoms with Gasteiger partial charge in [0.1, 0.15) is 6.07 Å². The maximum atomic E-state index is 8.93. The minimum Gasteiger partial charge on any atom is -0.383 e. The van der Waals surface area contributed by atoms with Crippen molar-refractivity contribution < 1.29 is 9.47 Å². The van der Waals surface area contributed by atoms with Crippen molar-refractivity contribution in [3.63, 3.8) is 0 Å². The van der Waals surface area contributed by atoms with Crippen molar-refractivity contribution in [1.29, 1.82) is 5.26 Å². The van der Waals surface area contributed by atoms with Gasteiger partial charge in [0.25, 0.3) is 0 Å². The molecule has 1 aliphatic heterocycles. The average molecular weight is 249 g/mol. The third-order valence-electron chi connectivity index (χ3n) is 3.32. The Bertz CT molecular complexity index is 416. The highest BCUT2D eigenvalue weighted by atomic mass is 16.5. The monoisotopic (exact) mass is 249 g/mol. The summed E-state index contributed by atoms with van der Waals surface area (Å²) in [7, 11) is 1.67. The number of hydrogen-bond donors (Lipinski definition) is 0. The average Bonchev–Trinajstić information content (AvgIpc) is 2.80. The molecule has 18 heavy (non-hydrogen) atoms. The van der Waals surface area contributed by atoms with Crippen molar-refractivity contribution in [2.75, 3.05) is 26.9 Å². The van der Waals surface area contributed by atoms with Gasteiger partial charge in [0, 0.05) is 26.0 Å². The summed E-state index contributed by atoms with van der Waals surface area (Å²) in [5.74, 6) is 0.642. The molecular weight excluding hydrogens is 230 g/mol. The van der Waals surface area contributed by atoms with E-state index in [9.17, 15) is 0 Å². The standard InChI is InChI=1S/C13H19N3O2/c1-17-7-4-16-13(9-12(10-14)15-16)8-11-2-5-18-6-3-11/h9,11H,2-8H2,1H3. The van der Waals surface area contributed by atoms with Gasteiger partial charge in [0.05, 0.1) is 13.2 Å². The molecule has 0 unspecified atom stereocenters. The lowest BCUT2D eigenvalue weighted by atomic mass is 9.95. The third-order valence-corrected chi connectivity index (χ3v) is 3.32. The molecule has 0 amide bonds. The first-order chi connectivity index (χ1) is 8.83. The lowest BCUT2D eigenvalue weighted by Gasteiger charge is -2.22. The molecule has 0 bridgehead atoms. The summed E-state index contributed by atoms with van der Waals surface area (Å²) < 4.78 is 12.3. The maximum Gasteiger partial charge on any atom is 0.162 e. The van der Waals surface area contributed by atoms with E-state index in [1.807, 2.05) is 10.7 Å². The Morgan fingerprint density at radius 3 is 3.00 bits per heavy atom. The van der Waals surface area contributed by atoms with Crippen LogP contribution in [0.2, 0.25) is 0 Å². The lowest BCUT2D eigenvalue weighted by molar-refractivity contribution is 0.0658. The quantitative estimate of drug-likeness (QED) is 0.790. The van der Waals surface area contributed by atoms with E-state index in [1.54, 1.807) is 7.11 Å². The van der Waals surface area contributed by atoms with Crippen LogP contribution in [-0.2, 0) is 22.4 Å². The second-order valence-electron chi connectivity index (χ2n) is 4.61. The molecule has 0 atom stereocenters. The van der Waals surface area contributed by atoms with Crippen LogP contribution in [0.1, 0.15) is 24.2 Å². The van der Waals surface area contributed by atoms with Crippen LogP contribution >= 0.6 is 0 Å². The highest BCUT2D eigenvalue weighted by Crippen LogP contribution is 2.20. The number of methoxy groups -OCH3 is 1. The number of hydrogen-bond acceptors (Lipinski definition) is 4. The second-order valence-corrected chi connectivity index (χ2v) is 4.61. The molecule has 0 aliphatic carbocycles. The smallest absolute Gasteiger partial charge is 0.162 e. The molecule has 0 aromatic carbocycles. The first kappa shape index (κ1) is 13.1. The Morgan fingerprint density at radius 1 is 1.56 bits per heavy atom. The van der Waals surface area contributed by atoms with Gasteiger partial charge in [-0.15, -0.1) is 0 Å². The van der Waals surface area contributed by atoms with Crippen LogP contribution in [0.3, 0.4) is 0 Å². The predicted molar refractivity (Wildman–Crippen MR) is 66.1 cm³/mol. The summed E-state index contributed by atoms with van der Waals surface area (Å²) >= 11 is 0. The largest absolute Gasteiger partial charge is 0.383 e. The molecule has 5 nitrogen and oxygen atoms in total. The van der Waals surface area contributed by atoms with Gasteiger partial charge in [0.2, 0.25) is 0 Å². The highest BCUT2D eigenvalue weighted by molar-refractivity contribution is 5.22. The van der Waals surface area contributed by atoms with Gasteiger partial charge < -0.3 is 9.47 Å². The van der Waals surface area contributed by atoms with Crippen LogP contribution in [0.15, 0.2) is 6.07 Å². The van der Waals surface area contributed by atoms with Gasteiger partial charge >= 0.3 is 0 Å². The van der Waals surface area contributed by atoms with E-state index in [4.69, 9.17) is 14.7 Å². The number of nitriles is 1. The molecule has 98 valence electrons. The Morgan fingerprint density at radius 2 is 2.33 bits per heavy atom. The molecule has 1 aromatic rings. The van der Waals surface area contributed by atoms with Crippen molar-refractivity contribution in [1.82, 2.24) is 9.78 Å². The van der Waals surface area contributed by atoms with Gasteiger partial charge in [-0.25, -0.2) is 0 Å². The van der Waals surface area contributed by atoms with Gasteiger partial charge in [0.15, 0.2) is 5.69 Å². The maximum absolute atomic E-state index is 8.93. The zero-order chi connectivity index (χ0) is 12.8. The molecule has 0 N–H and O–H groups in total. The molecule has 1 saturated heterocycles. The molecule has 2 heterocycles. The summed E-state index contributed by atoms with van der Waals surface area (Å²) in [5.41, 5.74) is 1.63. The lowest BCUT2D eigenvalue weighted by Crippen LogP contribution is -2.19. The van der Waals surface area contributed by atoms with Crippen LogP contribution in [-0.4, -0.2) is 36.7 Å². The van der Waals surface area contributed by atoms with E-state index in [1.165, 1.54) is 0 Å². The molecule has 0 saturated carbocycles. The second kappa shape index (κ2) is 6.53. The summed E-state index contributed by atoms with van der Waals surface area (Å²) in [6.45, 7) is 3.02. The van der Waals surface area contributed by atoms with E-state index in [2.05, 4.69) is 11.2 Å². The Balaban J connectivity index is 2.04. The predicted octanol–water partition coefficient (Wildman–Crippen LogP) is 1.37. The summed E-state index contributed by atoms with van der Waals surface area (Å²) in [4.78, 5) is 0. The molecule has 1 aromatic heterocycles. The van der Waals surface area contributed by atoms with Crippen LogP contribution in [0.4, 0.5) is 0 Å². The van der Waals surface area contributed by atoms with E-state index in [-0.39, 0.29) is 0 Å². The first-order valence-electron chi connectivity index (χ1n) is 6.37. The minimum atomic E-state index is 0.494. The van der Waals surface area contributed by atoms with Gasteiger partial charge in [-0.05, 0) is 31.2 Å². The first-order valence-corrected chi connectivity index (χ1v) is 6.37. The van der Waals surface area contributed by atoms with Crippen molar-refractivity contribution in [3.05, 3.63) is 17.5 Å². The van der Waals surface area contributed by atoms with Gasteiger partial charge in [-0.3, -0.25) is 4.68 Å². The number of rotatable bonds is 5. The van der Waals surface area contributed by atoms with Crippen molar-refractivity contribution in [2.45, 2.75) is 25.8 Å². The third kappa shape index (κ3) is 3.31. The van der Waals surface area contributed by atoms with Crippen molar-refractivity contribution in [3.8, 4) is 6.07 Å². The molecule has 2 rings (SSSR count). The Labute approximate surface area is 107 Å². The normalized spacial score (nSPS) is 16.7. The van der Waals surface area contributed by atoms with E-state index in [0.29, 0.717) is 24.8 Å². The highest BCUT2D eigenvalue weighted by Gasteiger charge is 2.17. The van der Waals surface area contributed by atoms with Crippen LogP contribution in [0.5, 0.6) is 0 Å². The fraction of sp³-hybridized carbons (Fsp3) is 0.692. The number of nitrogens with zero attached hydrogens (tertiary/aromatic N) is 3. The fourth-order valence-corrected chi connectivity index (χ4v) is 2.29. The summed E-state index contributed by atoms with van der Waals surface area (Å²) in [5, 5.41) is 13.2. The van der Waals surface area contributed by atoms with Gasteiger partial charge in [-0.2, -0.15) is 10.4 Å². The number of ether oxygens (including phenoxy) is 2.